The highest BCUT2D eigenvalue weighted by Crippen LogP contribution is 2.23. The van der Waals surface area contributed by atoms with Crippen LogP contribution in [0.3, 0.4) is 0 Å². The summed E-state index contributed by atoms with van der Waals surface area (Å²) in [5.74, 6) is 0.492. The maximum Gasteiger partial charge on any atom is 0.272 e. The van der Waals surface area contributed by atoms with E-state index in [1.165, 1.54) is 6.42 Å². The molecule has 1 atom stereocenters. The van der Waals surface area contributed by atoms with Crippen LogP contribution in [0.25, 0.3) is 0 Å². The predicted molar refractivity (Wildman–Crippen MR) is 76.0 cm³/mol. The summed E-state index contributed by atoms with van der Waals surface area (Å²) in [4.78, 5) is 14.7. The van der Waals surface area contributed by atoms with E-state index in [1.54, 1.807) is 10.7 Å². The van der Waals surface area contributed by atoms with Crippen molar-refractivity contribution in [1.29, 1.82) is 0 Å². The number of rotatable bonds is 3. The lowest BCUT2D eigenvalue weighted by Gasteiger charge is -2.35. The van der Waals surface area contributed by atoms with Crippen molar-refractivity contribution in [2.75, 3.05) is 12.3 Å². The fourth-order valence-electron chi connectivity index (χ4n) is 2.81. The van der Waals surface area contributed by atoms with Gasteiger partial charge in [-0.05, 0) is 39.5 Å². The number of likely N-dealkylation sites (tertiary alicyclic amines) is 1. The van der Waals surface area contributed by atoms with Gasteiger partial charge in [-0.15, -0.1) is 0 Å². The summed E-state index contributed by atoms with van der Waals surface area (Å²) < 4.78 is 1.74. The summed E-state index contributed by atoms with van der Waals surface area (Å²) in [7, 11) is 0. The number of amides is 1. The molecule has 0 aliphatic carbocycles. The number of carbonyl (C=O) groups is 1. The highest BCUT2D eigenvalue weighted by Gasteiger charge is 2.29. The molecule has 5 nitrogen and oxygen atoms in total. The minimum absolute atomic E-state index is 0.0736. The van der Waals surface area contributed by atoms with E-state index in [2.05, 4.69) is 12.0 Å². The normalized spacial score (nSPS) is 20.0. The summed E-state index contributed by atoms with van der Waals surface area (Å²) in [6.07, 6.45) is 4.42. The van der Waals surface area contributed by atoms with Gasteiger partial charge < -0.3 is 10.6 Å². The van der Waals surface area contributed by atoms with Crippen molar-refractivity contribution in [2.24, 2.45) is 0 Å². The molecule has 0 aromatic carbocycles. The highest BCUT2D eigenvalue weighted by atomic mass is 16.2. The van der Waals surface area contributed by atoms with Crippen molar-refractivity contribution < 1.29 is 4.79 Å². The molecule has 1 fully saturated rings. The van der Waals surface area contributed by atoms with Crippen LogP contribution in [-0.4, -0.2) is 33.2 Å². The van der Waals surface area contributed by atoms with Crippen molar-refractivity contribution in [3.63, 3.8) is 0 Å². The molecule has 0 spiro atoms. The molecule has 1 unspecified atom stereocenters. The molecule has 19 heavy (non-hydrogen) atoms. The Balaban J connectivity index is 2.27. The van der Waals surface area contributed by atoms with E-state index in [4.69, 9.17) is 5.73 Å². The molecule has 0 bridgehead atoms. The summed E-state index contributed by atoms with van der Waals surface area (Å²) >= 11 is 0. The van der Waals surface area contributed by atoms with E-state index >= 15 is 0 Å². The Morgan fingerprint density at radius 3 is 2.89 bits per heavy atom. The predicted octanol–water partition coefficient (Wildman–Crippen LogP) is 2.45. The van der Waals surface area contributed by atoms with E-state index in [0.717, 1.165) is 25.8 Å². The number of nitrogen functional groups attached to an aromatic ring is 1. The third kappa shape index (κ3) is 2.74. The van der Waals surface area contributed by atoms with E-state index in [1.807, 2.05) is 18.7 Å². The zero-order valence-corrected chi connectivity index (χ0v) is 12.1. The van der Waals surface area contributed by atoms with Crippen molar-refractivity contribution in [3.8, 4) is 0 Å². The van der Waals surface area contributed by atoms with Crippen LogP contribution in [0, 0.1) is 0 Å². The maximum atomic E-state index is 12.7. The lowest BCUT2D eigenvalue weighted by molar-refractivity contribution is 0.0593. The molecule has 2 N–H and O–H groups in total. The van der Waals surface area contributed by atoms with Crippen LogP contribution in [0.2, 0.25) is 0 Å². The highest BCUT2D eigenvalue weighted by molar-refractivity contribution is 5.93. The Kier molecular flexibility index (Phi) is 4.12. The van der Waals surface area contributed by atoms with Gasteiger partial charge in [-0.25, -0.2) is 0 Å². The molecular formula is C14H24N4O. The molecule has 1 aromatic heterocycles. The van der Waals surface area contributed by atoms with Gasteiger partial charge in [-0.2, -0.15) is 5.10 Å². The number of aromatic nitrogens is 2. The molecule has 0 radical (unpaired) electrons. The van der Waals surface area contributed by atoms with Crippen molar-refractivity contribution in [3.05, 3.63) is 11.8 Å². The number of nitrogens with zero attached hydrogens (tertiary/aromatic N) is 3. The second-order valence-corrected chi connectivity index (χ2v) is 5.55. The molecule has 1 aliphatic rings. The van der Waals surface area contributed by atoms with Gasteiger partial charge in [0, 0.05) is 24.7 Å². The maximum absolute atomic E-state index is 12.7. The molecule has 5 heteroatoms. The number of hydrogen-bond acceptors (Lipinski definition) is 3. The first-order chi connectivity index (χ1) is 9.04. The molecule has 1 aromatic rings. The van der Waals surface area contributed by atoms with Gasteiger partial charge in [0.25, 0.3) is 5.91 Å². The largest absolute Gasteiger partial charge is 0.382 e. The minimum atomic E-state index is 0.0736. The number of hydrogen-bond donors (Lipinski definition) is 1. The van der Waals surface area contributed by atoms with Gasteiger partial charge in [0.05, 0.1) is 0 Å². The standard InChI is InChI=1S/C14H24N4O/c1-4-11-7-5-6-8-17(11)14(19)12-9-13(15)16-18(12)10(2)3/h9-11H,4-8H2,1-3H3,(H2,15,16). The van der Waals surface area contributed by atoms with Gasteiger partial charge >= 0.3 is 0 Å². The van der Waals surface area contributed by atoms with Crippen LogP contribution in [0.15, 0.2) is 6.07 Å². The molecule has 1 saturated heterocycles. The Hall–Kier alpha value is -1.52. The monoisotopic (exact) mass is 264 g/mol. The number of anilines is 1. The van der Waals surface area contributed by atoms with Crippen molar-refractivity contribution in [1.82, 2.24) is 14.7 Å². The zero-order valence-electron chi connectivity index (χ0n) is 12.1. The molecule has 0 saturated carbocycles. The third-order valence-corrected chi connectivity index (χ3v) is 3.82. The van der Waals surface area contributed by atoms with E-state index in [-0.39, 0.29) is 11.9 Å². The molecular weight excluding hydrogens is 240 g/mol. The van der Waals surface area contributed by atoms with Gasteiger partial charge in [0.1, 0.15) is 11.5 Å². The van der Waals surface area contributed by atoms with Crippen LogP contribution in [0.4, 0.5) is 5.82 Å². The first kappa shape index (κ1) is 13.9. The summed E-state index contributed by atoms with van der Waals surface area (Å²) in [5.41, 5.74) is 6.37. The van der Waals surface area contributed by atoms with Gasteiger partial charge in [0.2, 0.25) is 0 Å². The van der Waals surface area contributed by atoms with Crippen LogP contribution in [0.5, 0.6) is 0 Å². The number of piperidine rings is 1. The zero-order chi connectivity index (χ0) is 14.0. The average Bonchev–Trinajstić information content (AvgIpc) is 2.80. The summed E-state index contributed by atoms with van der Waals surface area (Å²) in [6, 6.07) is 2.20. The van der Waals surface area contributed by atoms with E-state index < -0.39 is 0 Å². The van der Waals surface area contributed by atoms with Gasteiger partial charge in [0.15, 0.2) is 0 Å². The fourth-order valence-corrected chi connectivity index (χ4v) is 2.81. The molecule has 1 aliphatic heterocycles. The van der Waals surface area contributed by atoms with Crippen LogP contribution < -0.4 is 5.73 Å². The minimum Gasteiger partial charge on any atom is -0.382 e. The third-order valence-electron chi connectivity index (χ3n) is 3.82. The van der Waals surface area contributed by atoms with Gasteiger partial charge in [-0.1, -0.05) is 6.92 Å². The summed E-state index contributed by atoms with van der Waals surface area (Å²) in [5, 5.41) is 4.22. The van der Waals surface area contributed by atoms with Crippen LogP contribution in [-0.2, 0) is 0 Å². The van der Waals surface area contributed by atoms with Crippen molar-refractivity contribution in [2.45, 2.75) is 58.5 Å². The first-order valence-corrected chi connectivity index (χ1v) is 7.20. The molecule has 2 heterocycles. The van der Waals surface area contributed by atoms with E-state index in [0.29, 0.717) is 17.6 Å². The molecule has 2 rings (SSSR count). The lowest BCUT2D eigenvalue weighted by atomic mass is 9.99. The topological polar surface area (TPSA) is 64.2 Å². The Bertz CT molecular complexity index is 452. The number of carbonyl (C=O) groups excluding carboxylic acids is 1. The van der Waals surface area contributed by atoms with Crippen LogP contribution >= 0.6 is 0 Å². The lowest BCUT2D eigenvalue weighted by Crippen LogP contribution is -2.44. The van der Waals surface area contributed by atoms with E-state index in [9.17, 15) is 4.79 Å². The fraction of sp³-hybridized carbons (Fsp3) is 0.714. The molecule has 1 amide bonds. The Morgan fingerprint density at radius 1 is 1.53 bits per heavy atom. The average molecular weight is 264 g/mol. The smallest absolute Gasteiger partial charge is 0.272 e. The number of nitrogens with two attached hydrogens (primary N) is 1. The second kappa shape index (κ2) is 5.63. The first-order valence-electron chi connectivity index (χ1n) is 7.20. The Morgan fingerprint density at radius 2 is 2.26 bits per heavy atom. The summed E-state index contributed by atoms with van der Waals surface area (Å²) in [6.45, 7) is 7.01. The van der Waals surface area contributed by atoms with Crippen molar-refractivity contribution >= 4 is 11.7 Å². The van der Waals surface area contributed by atoms with Crippen LogP contribution in [0.1, 0.15) is 63.0 Å². The quantitative estimate of drug-likeness (QED) is 0.912. The SMILES string of the molecule is CCC1CCCCN1C(=O)c1cc(N)nn1C(C)C. The Labute approximate surface area is 114 Å². The van der Waals surface area contributed by atoms with Gasteiger partial charge in [-0.3, -0.25) is 9.48 Å². The molecule has 106 valence electrons. The second-order valence-electron chi connectivity index (χ2n) is 5.55.